The molecule has 0 fully saturated rings. The van der Waals surface area contributed by atoms with Crippen LogP contribution in [0.1, 0.15) is 18.1 Å². The molecule has 0 radical (unpaired) electrons. The van der Waals surface area contributed by atoms with Crippen molar-refractivity contribution in [3.8, 4) is 5.69 Å². The highest BCUT2D eigenvalue weighted by atomic mass is 15.3. The van der Waals surface area contributed by atoms with Crippen molar-refractivity contribution < 1.29 is 0 Å². The van der Waals surface area contributed by atoms with Crippen molar-refractivity contribution in [2.75, 3.05) is 6.54 Å². The smallest absolute Gasteiger partial charge is 0.0741 e. The minimum atomic E-state index is 0.919. The molecule has 2 aromatic carbocycles. The molecule has 3 rings (SSSR count). The maximum Gasteiger partial charge on any atom is 0.0741 e. The first-order chi connectivity index (χ1) is 9.79. The lowest BCUT2D eigenvalue weighted by Gasteiger charge is -2.10. The highest BCUT2D eigenvalue weighted by Crippen LogP contribution is 2.20. The molecule has 0 atom stereocenters. The van der Waals surface area contributed by atoms with Crippen molar-refractivity contribution in [2.24, 2.45) is 0 Å². The van der Waals surface area contributed by atoms with Gasteiger partial charge in [-0.15, -0.1) is 0 Å². The molecule has 0 saturated heterocycles. The third kappa shape index (κ3) is 2.32. The van der Waals surface area contributed by atoms with Gasteiger partial charge in [-0.2, -0.15) is 5.10 Å². The monoisotopic (exact) mass is 265 g/mol. The number of aromatic nitrogens is 2. The first-order valence-corrected chi connectivity index (χ1v) is 7.03. The number of benzene rings is 2. The molecule has 0 aliphatic heterocycles. The number of rotatable bonds is 4. The van der Waals surface area contributed by atoms with Gasteiger partial charge in [0.15, 0.2) is 0 Å². The second kappa shape index (κ2) is 5.47. The summed E-state index contributed by atoms with van der Waals surface area (Å²) >= 11 is 0. The number of hydrogen-bond donors (Lipinski definition) is 1. The normalized spacial score (nSPS) is 11.1. The largest absolute Gasteiger partial charge is 0.313 e. The molecule has 1 aromatic heterocycles. The van der Waals surface area contributed by atoms with Crippen molar-refractivity contribution in [1.82, 2.24) is 15.1 Å². The van der Waals surface area contributed by atoms with E-state index in [0.29, 0.717) is 0 Å². The quantitative estimate of drug-likeness (QED) is 0.783. The highest BCUT2D eigenvalue weighted by molar-refractivity contribution is 5.80. The van der Waals surface area contributed by atoms with Crippen LogP contribution in [0.15, 0.2) is 48.7 Å². The lowest BCUT2D eigenvalue weighted by Crippen LogP contribution is -2.12. The lowest BCUT2D eigenvalue weighted by molar-refractivity contribution is 0.723. The molecule has 0 bridgehead atoms. The van der Waals surface area contributed by atoms with Crippen molar-refractivity contribution in [2.45, 2.75) is 20.4 Å². The van der Waals surface area contributed by atoms with E-state index in [2.05, 4.69) is 54.6 Å². The van der Waals surface area contributed by atoms with E-state index in [0.717, 1.165) is 24.3 Å². The fourth-order valence-corrected chi connectivity index (χ4v) is 2.45. The zero-order chi connectivity index (χ0) is 13.9. The Labute approximate surface area is 119 Å². The number of para-hydroxylation sites is 1. The maximum absolute atomic E-state index is 4.50. The van der Waals surface area contributed by atoms with E-state index in [9.17, 15) is 0 Å². The van der Waals surface area contributed by atoms with Gasteiger partial charge in [-0.05, 0) is 42.8 Å². The minimum Gasteiger partial charge on any atom is -0.313 e. The molecular formula is C17H19N3. The summed E-state index contributed by atoms with van der Waals surface area (Å²) in [4.78, 5) is 0. The molecule has 1 N–H and O–H groups in total. The summed E-state index contributed by atoms with van der Waals surface area (Å²) < 4.78 is 2.00. The summed E-state index contributed by atoms with van der Waals surface area (Å²) in [6.07, 6.45) is 1.91. The molecule has 0 amide bonds. The fourth-order valence-electron chi connectivity index (χ4n) is 2.45. The SMILES string of the molecule is CCNCc1ccc(-n2ncc3ccccc32)cc1C. The Kier molecular flexibility index (Phi) is 3.52. The van der Waals surface area contributed by atoms with Gasteiger partial charge in [0.2, 0.25) is 0 Å². The first kappa shape index (κ1) is 12.9. The van der Waals surface area contributed by atoms with E-state index >= 15 is 0 Å². The van der Waals surface area contributed by atoms with Crippen molar-refractivity contribution in [3.05, 3.63) is 59.8 Å². The van der Waals surface area contributed by atoms with E-state index in [4.69, 9.17) is 0 Å². The van der Waals surface area contributed by atoms with Gasteiger partial charge in [-0.25, -0.2) is 4.68 Å². The van der Waals surface area contributed by atoms with Crippen LogP contribution in [-0.4, -0.2) is 16.3 Å². The molecule has 3 nitrogen and oxygen atoms in total. The summed E-state index contributed by atoms with van der Waals surface area (Å²) in [6, 6.07) is 14.8. The first-order valence-electron chi connectivity index (χ1n) is 7.03. The Morgan fingerprint density at radius 2 is 2.00 bits per heavy atom. The van der Waals surface area contributed by atoms with E-state index in [1.165, 1.54) is 16.5 Å². The van der Waals surface area contributed by atoms with Crippen LogP contribution in [0.5, 0.6) is 0 Å². The van der Waals surface area contributed by atoms with E-state index in [1.54, 1.807) is 0 Å². The summed E-state index contributed by atoms with van der Waals surface area (Å²) in [7, 11) is 0. The zero-order valence-electron chi connectivity index (χ0n) is 11.9. The molecular weight excluding hydrogens is 246 g/mol. The second-order valence-corrected chi connectivity index (χ2v) is 5.01. The Hall–Kier alpha value is -2.13. The van der Waals surface area contributed by atoms with Crippen molar-refractivity contribution in [1.29, 1.82) is 0 Å². The van der Waals surface area contributed by atoms with Crippen LogP contribution in [0.25, 0.3) is 16.6 Å². The van der Waals surface area contributed by atoms with Gasteiger partial charge in [0.25, 0.3) is 0 Å². The van der Waals surface area contributed by atoms with E-state index < -0.39 is 0 Å². The van der Waals surface area contributed by atoms with Gasteiger partial charge in [-0.3, -0.25) is 0 Å². The van der Waals surface area contributed by atoms with E-state index in [1.807, 2.05) is 23.0 Å². The standard InChI is InChI=1S/C17H19N3/c1-3-18-11-14-8-9-16(10-13(14)2)20-17-7-5-4-6-15(17)12-19-20/h4-10,12,18H,3,11H2,1-2H3. The van der Waals surface area contributed by atoms with Gasteiger partial charge < -0.3 is 5.32 Å². The van der Waals surface area contributed by atoms with Crippen LogP contribution in [0.4, 0.5) is 0 Å². The highest BCUT2D eigenvalue weighted by Gasteiger charge is 2.06. The number of fused-ring (bicyclic) bond motifs is 1. The third-order valence-electron chi connectivity index (χ3n) is 3.61. The number of hydrogen-bond acceptors (Lipinski definition) is 2. The second-order valence-electron chi connectivity index (χ2n) is 5.01. The van der Waals surface area contributed by atoms with Crippen LogP contribution in [-0.2, 0) is 6.54 Å². The molecule has 0 unspecified atom stereocenters. The lowest BCUT2D eigenvalue weighted by atomic mass is 10.1. The number of aryl methyl sites for hydroxylation is 1. The fraction of sp³-hybridized carbons (Fsp3) is 0.235. The minimum absolute atomic E-state index is 0.919. The molecule has 3 heteroatoms. The van der Waals surface area contributed by atoms with Gasteiger partial charge in [0.05, 0.1) is 17.4 Å². The van der Waals surface area contributed by atoms with Gasteiger partial charge in [0, 0.05) is 11.9 Å². The van der Waals surface area contributed by atoms with Crippen LogP contribution >= 0.6 is 0 Å². The Bertz CT molecular complexity index is 728. The summed E-state index contributed by atoms with van der Waals surface area (Å²) in [6.45, 7) is 6.19. The number of nitrogens with one attached hydrogen (secondary N) is 1. The third-order valence-corrected chi connectivity index (χ3v) is 3.61. The zero-order valence-corrected chi connectivity index (χ0v) is 11.9. The maximum atomic E-state index is 4.50. The van der Waals surface area contributed by atoms with Crippen LogP contribution in [0.2, 0.25) is 0 Å². The predicted octanol–water partition coefficient (Wildman–Crippen LogP) is 3.44. The topological polar surface area (TPSA) is 29.9 Å². The average molecular weight is 265 g/mol. The Morgan fingerprint density at radius 1 is 1.15 bits per heavy atom. The molecule has 102 valence electrons. The van der Waals surface area contributed by atoms with Crippen molar-refractivity contribution >= 4 is 10.9 Å². The Morgan fingerprint density at radius 3 is 2.80 bits per heavy atom. The molecule has 0 saturated carbocycles. The van der Waals surface area contributed by atoms with Gasteiger partial charge >= 0.3 is 0 Å². The average Bonchev–Trinajstić information content (AvgIpc) is 2.90. The number of nitrogens with zero attached hydrogens (tertiary/aromatic N) is 2. The molecule has 1 heterocycles. The molecule has 20 heavy (non-hydrogen) atoms. The summed E-state index contributed by atoms with van der Waals surface area (Å²) in [5, 5.41) is 9.03. The molecule has 0 aliphatic carbocycles. The van der Waals surface area contributed by atoms with Crippen LogP contribution in [0.3, 0.4) is 0 Å². The van der Waals surface area contributed by atoms with E-state index in [-0.39, 0.29) is 0 Å². The van der Waals surface area contributed by atoms with Gasteiger partial charge in [-0.1, -0.05) is 31.2 Å². The predicted molar refractivity (Wildman–Crippen MR) is 83.2 cm³/mol. The van der Waals surface area contributed by atoms with Crippen LogP contribution < -0.4 is 5.32 Å². The van der Waals surface area contributed by atoms with Crippen molar-refractivity contribution in [3.63, 3.8) is 0 Å². The summed E-state index contributed by atoms with van der Waals surface area (Å²) in [5.41, 5.74) is 4.89. The molecule has 3 aromatic rings. The Balaban J connectivity index is 2.00. The molecule has 0 aliphatic rings. The summed E-state index contributed by atoms with van der Waals surface area (Å²) in [5.74, 6) is 0. The van der Waals surface area contributed by atoms with Gasteiger partial charge in [0.1, 0.15) is 0 Å². The van der Waals surface area contributed by atoms with Crippen LogP contribution in [0, 0.1) is 6.92 Å². The molecule has 0 spiro atoms.